The lowest BCUT2D eigenvalue weighted by molar-refractivity contribution is -0.384. The Morgan fingerprint density at radius 3 is 2.59 bits per heavy atom. The number of nitro groups is 1. The van der Waals surface area contributed by atoms with Crippen molar-refractivity contribution in [1.29, 1.82) is 0 Å². The Morgan fingerprint density at radius 2 is 1.93 bits per heavy atom. The fourth-order valence-electron chi connectivity index (χ4n) is 2.61. The Kier molecular flexibility index (Phi) is 5.07. The standard InChI is InChI=1S/C19H16N4O4/c1-13-6-5-9-16(23(26)27)19(13)21-17(24)11-22-12-20-15(10-18(22)25)14-7-3-2-4-8-14/h2-10,12H,11H2,1H3,(H,21,24). The zero-order valence-electron chi connectivity index (χ0n) is 14.5. The van der Waals surface area contributed by atoms with Gasteiger partial charge in [-0.15, -0.1) is 0 Å². The molecule has 0 aliphatic carbocycles. The number of aromatic nitrogens is 2. The Bertz CT molecular complexity index is 1060. The van der Waals surface area contributed by atoms with E-state index < -0.39 is 16.4 Å². The van der Waals surface area contributed by atoms with E-state index >= 15 is 0 Å². The second kappa shape index (κ2) is 7.61. The van der Waals surface area contributed by atoms with Crippen molar-refractivity contribution in [2.24, 2.45) is 0 Å². The van der Waals surface area contributed by atoms with Gasteiger partial charge in [0.05, 0.1) is 16.9 Å². The number of nitro benzene ring substituents is 1. The number of aryl methyl sites for hydroxylation is 1. The topological polar surface area (TPSA) is 107 Å². The van der Waals surface area contributed by atoms with E-state index in [4.69, 9.17) is 0 Å². The Balaban J connectivity index is 1.80. The van der Waals surface area contributed by atoms with Crippen LogP contribution in [-0.2, 0) is 11.3 Å². The summed E-state index contributed by atoms with van der Waals surface area (Å²) in [6, 6.07) is 15.1. The Hall–Kier alpha value is -3.81. The highest BCUT2D eigenvalue weighted by Gasteiger charge is 2.18. The minimum absolute atomic E-state index is 0.120. The maximum atomic E-state index is 12.3. The molecule has 8 nitrogen and oxygen atoms in total. The predicted octanol–water partition coefficient (Wildman–Crippen LogP) is 2.77. The van der Waals surface area contributed by atoms with Crippen LogP contribution in [0, 0.1) is 17.0 Å². The lowest BCUT2D eigenvalue weighted by Gasteiger charge is -2.10. The molecule has 2 aromatic carbocycles. The zero-order valence-corrected chi connectivity index (χ0v) is 14.5. The lowest BCUT2D eigenvalue weighted by atomic mass is 10.1. The molecule has 0 aliphatic rings. The van der Waals surface area contributed by atoms with E-state index in [1.54, 1.807) is 19.1 Å². The zero-order chi connectivity index (χ0) is 19.4. The summed E-state index contributed by atoms with van der Waals surface area (Å²) < 4.78 is 1.14. The molecule has 1 N–H and O–H groups in total. The van der Waals surface area contributed by atoms with Crippen LogP contribution in [0.3, 0.4) is 0 Å². The first-order valence-electron chi connectivity index (χ1n) is 8.11. The molecule has 0 fully saturated rings. The number of nitrogens with one attached hydrogen (secondary N) is 1. The number of anilines is 1. The molecule has 0 spiro atoms. The van der Waals surface area contributed by atoms with Gasteiger partial charge >= 0.3 is 0 Å². The van der Waals surface area contributed by atoms with Gasteiger partial charge < -0.3 is 5.32 Å². The first-order valence-corrected chi connectivity index (χ1v) is 8.11. The summed E-state index contributed by atoms with van der Waals surface area (Å²) in [4.78, 5) is 39.3. The Morgan fingerprint density at radius 1 is 1.19 bits per heavy atom. The van der Waals surface area contributed by atoms with Gasteiger partial charge in [0.15, 0.2) is 0 Å². The second-order valence-electron chi connectivity index (χ2n) is 5.88. The summed E-state index contributed by atoms with van der Waals surface area (Å²) in [5.74, 6) is -0.552. The van der Waals surface area contributed by atoms with Crippen molar-refractivity contribution >= 4 is 17.3 Å². The highest BCUT2D eigenvalue weighted by molar-refractivity contribution is 5.93. The number of hydrogen-bond donors (Lipinski definition) is 1. The van der Waals surface area contributed by atoms with Crippen molar-refractivity contribution in [3.8, 4) is 11.3 Å². The average Bonchev–Trinajstić information content (AvgIpc) is 2.65. The first-order chi connectivity index (χ1) is 13.0. The number of nitrogens with zero attached hydrogens (tertiary/aromatic N) is 3. The van der Waals surface area contributed by atoms with Gasteiger partial charge in [0, 0.05) is 17.7 Å². The van der Waals surface area contributed by atoms with Gasteiger partial charge in [-0.25, -0.2) is 4.98 Å². The van der Waals surface area contributed by atoms with Crippen LogP contribution < -0.4 is 10.9 Å². The van der Waals surface area contributed by atoms with Gasteiger partial charge in [0.1, 0.15) is 12.2 Å². The van der Waals surface area contributed by atoms with Gasteiger partial charge in [-0.3, -0.25) is 24.3 Å². The molecule has 0 bridgehead atoms. The van der Waals surface area contributed by atoms with E-state index in [9.17, 15) is 19.7 Å². The summed E-state index contributed by atoms with van der Waals surface area (Å²) in [6.07, 6.45) is 1.29. The fraction of sp³-hybridized carbons (Fsp3) is 0.105. The first kappa shape index (κ1) is 18.0. The van der Waals surface area contributed by atoms with Crippen LogP contribution in [0.25, 0.3) is 11.3 Å². The monoisotopic (exact) mass is 364 g/mol. The quantitative estimate of drug-likeness (QED) is 0.553. The van der Waals surface area contributed by atoms with E-state index in [1.807, 2.05) is 30.3 Å². The molecule has 0 saturated carbocycles. The molecule has 136 valence electrons. The number of para-hydroxylation sites is 1. The van der Waals surface area contributed by atoms with Crippen LogP contribution in [0.1, 0.15) is 5.56 Å². The maximum absolute atomic E-state index is 12.3. The van der Waals surface area contributed by atoms with Gasteiger partial charge in [0.25, 0.3) is 11.2 Å². The molecule has 1 amide bonds. The number of carbonyl (C=O) groups excluding carboxylic acids is 1. The summed E-state index contributed by atoms with van der Waals surface area (Å²) >= 11 is 0. The molecule has 0 saturated heterocycles. The van der Waals surface area contributed by atoms with Crippen LogP contribution in [0.5, 0.6) is 0 Å². The third-order valence-electron chi connectivity index (χ3n) is 3.97. The SMILES string of the molecule is Cc1cccc([N+](=O)[O-])c1NC(=O)Cn1cnc(-c2ccccc2)cc1=O. The normalized spacial score (nSPS) is 10.4. The van der Waals surface area contributed by atoms with Crippen LogP contribution in [0.4, 0.5) is 11.4 Å². The predicted molar refractivity (Wildman–Crippen MR) is 100 cm³/mol. The van der Waals surface area contributed by atoms with Gasteiger partial charge in [-0.05, 0) is 12.5 Å². The molecule has 0 atom stereocenters. The average molecular weight is 364 g/mol. The number of benzene rings is 2. The second-order valence-corrected chi connectivity index (χ2v) is 5.88. The summed E-state index contributed by atoms with van der Waals surface area (Å²) in [7, 11) is 0. The van der Waals surface area contributed by atoms with E-state index in [1.165, 1.54) is 18.5 Å². The van der Waals surface area contributed by atoms with Crippen LogP contribution in [0.15, 0.2) is 65.7 Å². The number of rotatable bonds is 5. The van der Waals surface area contributed by atoms with Crippen molar-refractivity contribution < 1.29 is 9.72 Å². The van der Waals surface area contributed by atoms with Crippen LogP contribution in [0.2, 0.25) is 0 Å². The van der Waals surface area contributed by atoms with E-state index in [2.05, 4.69) is 10.3 Å². The molecule has 0 unspecified atom stereocenters. The molecule has 3 rings (SSSR count). The molecule has 8 heteroatoms. The summed E-state index contributed by atoms with van der Waals surface area (Å²) in [5.41, 5.74) is 1.39. The molecule has 1 aromatic heterocycles. The molecule has 27 heavy (non-hydrogen) atoms. The van der Waals surface area contributed by atoms with Crippen LogP contribution >= 0.6 is 0 Å². The van der Waals surface area contributed by atoms with Crippen molar-refractivity contribution in [2.75, 3.05) is 5.32 Å². The van der Waals surface area contributed by atoms with Crippen molar-refractivity contribution in [3.63, 3.8) is 0 Å². The fourth-order valence-corrected chi connectivity index (χ4v) is 2.61. The number of amides is 1. The smallest absolute Gasteiger partial charge is 0.293 e. The Labute approximate surface area is 154 Å². The molecule has 0 aliphatic heterocycles. The maximum Gasteiger partial charge on any atom is 0.293 e. The van der Waals surface area contributed by atoms with Gasteiger partial charge in [-0.2, -0.15) is 0 Å². The molecule has 1 heterocycles. The highest BCUT2D eigenvalue weighted by Crippen LogP contribution is 2.27. The molecular weight excluding hydrogens is 348 g/mol. The van der Waals surface area contributed by atoms with Crippen molar-refractivity contribution in [1.82, 2.24) is 9.55 Å². The van der Waals surface area contributed by atoms with Crippen molar-refractivity contribution in [2.45, 2.75) is 13.5 Å². The number of carbonyl (C=O) groups is 1. The minimum Gasteiger partial charge on any atom is -0.319 e. The van der Waals surface area contributed by atoms with Crippen molar-refractivity contribution in [3.05, 3.63) is 87.0 Å². The third kappa shape index (κ3) is 4.06. The van der Waals surface area contributed by atoms with E-state index in [0.717, 1.165) is 10.1 Å². The van der Waals surface area contributed by atoms with E-state index in [0.29, 0.717) is 11.3 Å². The van der Waals surface area contributed by atoms with E-state index in [-0.39, 0.29) is 17.9 Å². The summed E-state index contributed by atoms with van der Waals surface area (Å²) in [6.45, 7) is 1.36. The molecule has 0 radical (unpaired) electrons. The largest absolute Gasteiger partial charge is 0.319 e. The number of hydrogen-bond acceptors (Lipinski definition) is 5. The van der Waals surface area contributed by atoms with Gasteiger partial charge in [-0.1, -0.05) is 42.5 Å². The highest BCUT2D eigenvalue weighted by atomic mass is 16.6. The summed E-state index contributed by atoms with van der Waals surface area (Å²) in [5, 5.41) is 13.6. The lowest BCUT2D eigenvalue weighted by Crippen LogP contribution is -2.27. The molecule has 3 aromatic rings. The molecular formula is C19H16N4O4. The van der Waals surface area contributed by atoms with Crippen LogP contribution in [-0.4, -0.2) is 20.4 Å². The van der Waals surface area contributed by atoms with Gasteiger partial charge in [0.2, 0.25) is 5.91 Å². The third-order valence-corrected chi connectivity index (χ3v) is 3.97. The minimum atomic E-state index is -0.564.